The molecule has 0 radical (unpaired) electrons. The molecule has 4 rings (SSSR count). The molecule has 1 aromatic carbocycles. The van der Waals surface area contributed by atoms with Crippen molar-refractivity contribution in [1.29, 1.82) is 0 Å². The highest BCUT2D eigenvalue weighted by Crippen LogP contribution is 2.25. The minimum Gasteiger partial charge on any atom is -0.387 e. The quantitative estimate of drug-likeness (QED) is 0.729. The van der Waals surface area contributed by atoms with Gasteiger partial charge in [-0.15, -0.1) is 11.3 Å². The summed E-state index contributed by atoms with van der Waals surface area (Å²) in [6.45, 7) is 1.29. The van der Waals surface area contributed by atoms with E-state index in [0.717, 1.165) is 19.8 Å². The zero-order valence-corrected chi connectivity index (χ0v) is 17.2. The van der Waals surface area contributed by atoms with Gasteiger partial charge in [-0.05, 0) is 51.3 Å². The van der Waals surface area contributed by atoms with Gasteiger partial charge in [0.05, 0.1) is 22.8 Å². The van der Waals surface area contributed by atoms with Crippen LogP contribution in [0.25, 0.3) is 5.57 Å². The minimum absolute atomic E-state index is 0.229. The molecule has 0 saturated carbocycles. The van der Waals surface area contributed by atoms with Crippen molar-refractivity contribution in [2.45, 2.75) is 18.9 Å². The molecular weight excluding hydrogens is 447 g/mol. The number of hydrogen-bond acceptors (Lipinski definition) is 5. The minimum atomic E-state index is -0.743. The largest absolute Gasteiger partial charge is 0.387 e. The molecule has 0 spiro atoms. The average Bonchev–Trinajstić information content (AvgIpc) is 3.09. The van der Waals surface area contributed by atoms with Gasteiger partial charge < -0.3 is 10.4 Å². The first kappa shape index (κ1) is 19.3. The summed E-state index contributed by atoms with van der Waals surface area (Å²) in [7, 11) is 0. The first-order valence-electron chi connectivity index (χ1n) is 8.72. The zero-order valence-electron chi connectivity index (χ0n) is 14.8. The summed E-state index contributed by atoms with van der Waals surface area (Å²) in [6.07, 6.45) is 2.16. The highest BCUT2D eigenvalue weighted by Gasteiger charge is 2.30. The van der Waals surface area contributed by atoms with E-state index in [-0.39, 0.29) is 11.8 Å². The van der Waals surface area contributed by atoms with E-state index in [2.05, 4.69) is 26.2 Å². The summed E-state index contributed by atoms with van der Waals surface area (Å²) in [5.41, 5.74) is 1.55. The van der Waals surface area contributed by atoms with Crippen LogP contribution >= 0.6 is 27.3 Å². The molecule has 9 heteroatoms. The van der Waals surface area contributed by atoms with Crippen molar-refractivity contribution >= 4 is 45.2 Å². The first-order valence-corrected chi connectivity index (χ1v) is 10.3. The third kappa shape index (κ3) is 4.17. The standard InChI is InChI=1S/C19H18BrFN4O2S/c20-17-6-5-14(28-17)9-25-11-22-18(23-19(25)27)24-8-7-15(16(26)10-24)12-1-3-13(21)4-2-12/h1-7,11,16,18,26H,8-10H2,(H,23,27)/t16-,18?/m0/s1. The summed E-state index contributed by atoms with van der Waals surface area (Å²) >= 11 is 4.99. The lowest BCUT2D eigenvalue weighted by molar-refractivity contribution is 0.104. The van der Waals surface area contributed by atoms with E-state index in [1.807, 2.05) is 23.1 Å². The Kier molecular flexibility index (Phi) is 5.58. The van der Waals surface area contributed by atoms with Gasteiger partial charge >= 0.3 is 6.03 Å². The summed E-state index contributed by atoms with van der Waals surface area (Å²) in [6, 6.07) is 9.74. The summed E-state index contributed by atoms with van der Waals surface area (Å²) < 4.78 is 14.1. The van der Waals surface area contributed by atoms with Crippen LogP contribution < -0.4 is 5.32 Å². The van der Waals surface area contributed by atoms with E-state index in [1.165, 1.54) is 17.0 Å². The number of urea groups is 1. The molecule has 2 aliphatic rings. The van der Waals surface area contributed by atoms with Gasteiger partial charge in [-0.1, -0.05) is 18.2 Å². The molecule has 2 N–H and O–H groups in total. The molecule has 0 bridgehead atoms. The Morgan fingerprint density at radius 2 is 2.07 bits per heavy atom. The van der Waals surface area contributed by atoms with Crippen molar-refractivity contribution in [3.8, 4) is 0 Å². The van der Waals surface area contributed by atoms with Crippen LogP contribution in [0.2, 0.25) is 0 Å². The number of aliphatic hydroxyl groups excluding tert-OH is 1. The second-order valence-electron chi connectivity index (χ2n) is 6.56. The Bertz CT molecular complexity index is 930. The van der Waals surface area contributed by atoms with Crippen LogP contribution in [0.15, 0.2) is 51.3 Å². The van der Waals surface area contributed by atoms with Crippen LogP contribution in [0, 0.1) is 5.82 Å². The fourth-order valence-electron chi connectivity index (χ4n) is 3.23. The van der Waals surface area contributed by atoms with Gasteiger partial charge in [-0.2, -0.15) is 0 Å². The van der Waals surface area contributed by atoms with Gasteiger partial charge in [0.15, 0.2) is 6.29 Å². The van der Waals surface area contributed by atoms with Crippen molar-refractivity contribution in [3.63, 3.8) is 0 Å². The van der Waals surface area contributed by atoms with Gasteiger partial charge in [0.1, 0.15) is 5.82 Å². The number of halogens is 2. The SMILES string of the molecule is O=C1NC(N2CC=C(c3ccc(F)cc3)[C@@H](O)C2)N=CN1Cc1ccc(Br)s1. The molecule has 0 saturated heterocycles. The summed E-state index contributed by atoms with van der Waals surface area (Å²) in [5, 5.41) is 13.4. The number of thiophene rings is 1. The number of carbonyl (C=O) groups excluding carboxylic acids is 1. The van der Waals surface area contributed by atoms with Crippen LogP contribution in [0.5, 0.6) is 0 Å². The molecule has 0 fully saturated rings. The maximum Gasteiger partial charge on any atom is 0.325 e. The number of hydrogen-bond donors (Lipinski definition) is 2. The predicted molar refractivity (Wildman–Crippen MR) is 110 cm³/mol. The fourth-order valence-corrected chi connectivity index (χ4v) is 4.71. The van der Waals surface area contributed by atoms with E-state index >= 15 is 0 Å². The van der Waals surface area contributed by atoms with E-state index < -0.39 is 12.4 Å². The molecule has 2 aromatic rings. The molecule has 2 atom stereocenters. The molecular formula is C19H18BrFN4O2S. The number of nitrogens with one attached hydrogen (secondary N) is 1. The molecule has 28 heavy (non-hydrogen) atoms. The Hall–Kier alpha value is -2.07. The Morgan fingerprint density at radius 3 is 2.71 bits per heavy atom. The number of β-amino-alcohol motifs (C(OH)–C–C–N with tert-alkyl or cyclic N) is 1. The fraction of sp³-hybridized carbons (Fsp3) is 0.263. The van der Waals surface area contributed by atoms with Crippen molar-refractivity contribution < 1.29 is 14.3 Å². The predicted octanol–water partition coefficient (Wildman–Crippen LogP) is 3.25. The zero-order chi connectivity index (χ0) is 19.7. The monoisotopic (exact) mass is 464 g/mol. The number of aliphatic imine (C=N–C) groups is 1. The van der Waals surface area contributed by atoms with Gasteiger partial charge in [0.25, 0.3) is 0 Å². The van der Waals surface area contributed by atoms with E-state index in [9.17, 15) is 14.3 Å². The maximum atomic E-state index is 13.1. The van der Waals surface area contributed by atoms with Crippen molar-refractivity contribution in [3.05, 3.63) is 62.5 Å². The van der Waals surface area contributed by atoms with Gasteiger partial charge in [0, 0.05) is 18.0 Å². The second-order valence-corrected chi connectivity index (χ2v) is 9.11. The Balaban J connectivity index is 1.42. The third-order valence-corrected chi connectivity index (χ3v) is 6.26. The van der Waals surface area contributed by atoms with Crippen molar-refractivity contribution in [2.75, 3.05) is 13.1 Å². The molecule has 2 amide bonds. The molecule has 1 aromatic heterocycles. The second kappa shape index (κ2) is 8.12. The van der Waals surface area contributed by atoms with Crippen molar-refractivity contribution in [2.24, 2.45) is 4.99 Å². The van der Waals surface area contributed by atoms with Gasteiger partial charge in [-0.25, -0.2) is 14.2 Å². The van der Waals surface area contributed by atoms with Crippen LogP contribution in [0.4, 0.5) is 9.18 Å². The lowest BCUT2D eigenvalue weighted by atomic mass is 9.97. The van der Waals surface area contributed by atoms with Crippen LogP contribution in [0.3, 0.4) is 0 Å². The van der Waals surface area contributed by atoms with Crippen molar-refractivity contribution in [1.82, 2.24) is 15.1 Å². The lowest BCUT2D eigenvalue weighted by Gasteiger charge is -2.37. The maximum absolute atomic E-state index is 13.1. The van der Waals surface area contributed by atoms with Gasteiger partial charge in [0.2, 0.25) is 0 Å². The van der Waals surface area contributed by atoms with Crippen LogP contribution in [-0.2, 0) is 6.54 Å². The first-order chi connectivity index (χ1) is 13.5. The molecule has 1 unspecified atom stereocenters. The summed E-state index contributed by atoms with van der Waals surface area (Å²) in [5.74, 6) is -0.310. The summed E-state index contributed by atoms with van der Waals surface area (Å²) in [4.78, 5) is 21.3. The topological polar surface area (TPSA) is 68.2 Å². The number of aliphatic hydroxyl groups is 1. The number of nitrogens with zero attached hydrogens (tertiary/aromatic N) is 3. The smallest absolute Gasteiger partial charge is 0.325 e. The van der Waals surface area contributed by atoms with Crippen LogP contribution in [0.1, 0.15) is 10.4 Å². The lowest BCUT2D eigenvalue weighted by Crippen LogP contribution is -2.56. The van der Waals surface area contributed by atoms with Gasteiger partial charge in [-0.3, -0.25) is 9.80 Å². The molecule has 0 aliphatic carbocycles. The molecule has 3 heterocycles. The highest BCUT2D eigenvalue weighted by molar-refractivity contribution is 9.11. The average molecular weight is 465 g/mol. The Labute approximate surface area is 174 Å². The third-order valence-electron chi connectivity index (χ3n) is 4.65. The van der Waals surface area contributed by atoms with E-state index in [1.54, 1.807) is 29.8 Å². The molecule has 6 nitrogen and oxygen atoms in total. The number of benzene rings is 1. The normalized spacial score (nSPS) is 22.9. The molecule has 146 valence electrons. The molecule has 2 aliphatic heterocycles. The highest BCUT2D eigenvalue weighted by atomic mass is 79.9. The van der Waals surface area contributed by atoms with E-state index in [4.69, 9.17) is 0 Å². The Morgan fingerprint density at radius 1 is 1.29 bits per heavy atom. The number of rotatable bonds is 4. The van der Waals surface area contributed by atoms with E-state index in [0.29, 0.717) is 19.6 Å². The number of amides is 2. The number of carbonyl (C=O) groups is 1. The van der Waals surface area contributed by atoms with Crippen LogP contribution in [-0.4, -0.2) is 52.8 Å².